The molecule has 0 bridgehead atoms. The number of carbonyl (C=O) groups excluding carboxylic acids is 2. The van der Waals surface area contributed by atoms with Crippen LogP contribution in [0.4, 0.5) is 11.4 Å². The van der Waals surface area contributed by atoms with Crippen LogP contribution in [-0.4, -0.2) is 33.7 Å². The Bertz CT molecular complexity index is 951. The second kappa shape index (κ2) is 9.11. The number of amides is 2. The van der Waals surface area contributed by atoms with Gasteiger partial charge < -0.3 is 5.32 Å². The zero-order chi connectivity index (χ0) is 20.3. The van der Waals surface area contributed by atoms with E-state index in [-0.39, 0.29) is 18.2 Å². The Hall–Kier alpha value is -1.83. The number of aliphatic imine (C=N–C) groups is 1. The molecule has 1 fully saturated rings. The molecule has 8 heteroatoms. The molecule has 2 aromatic carbocycles. The molecule has 2 amide bonds. The van der Waals surface area contributed by atoms with Crippen LogP contribution < -0.4 is 5.32 Å². The van der Waals surface area contributed by atoms with Crippen LogP contribution in [0.1, 0.15) is 18.9 Å². The standard InChI is InChI=1S/C20H19BrClN3O2S/c1-3-25-19(27)17(11-18(26)23-16-9-5-4-7-13(16)21)28-20(25)24-15-10-6-8-14(22)12(15)2/h4-10,17H,3,11H2,1-2H3,(H,23,26). The van der Waals surface area contributed by atoms with Crippen LogP contribution in [0.15, 0.2) is 51.9 Å². The minimum Gasteiger partial charge on any atom is -0.325 e. The molecule has 146 valence electrons. The van der Waals surface area contributed by atoms with Gasteiger partial charge in [0.15, 0.2) is 5.17 Å². The fourth-order valence-electron chi connectivity index (χ4n) is 2.77. The van der Waals surface area contributed by atoms with E-state index in [0.717, 1.165) is 15.7 Å². The summed E-state index contributed by atoms with van der Waals surface area (Å²) in [7, 11) is 0. The Labute approximate surface area is 181 Å². The molecule has 0 aromatic heterocycles. The van der Waals surface area contributed by atoms with Crippen molar-refractivity contribution < 1.29 is 9.59 Å². The topological polar surface area (TPSA) is 61.8 Å². The van der Waals surface area contributed by atoms with E-state index in [9.17, 15) is 9.59 Å². The highest BCUT2D eigenvalue weighted by molar-refractivity contribution is 9.10. The van der Waals surface area contributed by atoms with Crippen LogP contribution in [-0.2, 0) is 9.59 Å². The average Bonchev–Trinajstić information content (AvgIpc) is 2.95. The highest BCUT2D eigenvalue weighted by atomic mass is 79.9. The molecule has 28 heavy (non-hydrogen) atoms. The normalized spacial score (nSPS) is 18.0. The van der Waals surface area contributed by atoms with Gasteiger partial charge >= 0.3 is 0 Å². The van der Waals surface area contributed by atoms with Crippen molar-refractivity contribution in [1.29, 1.82) is 0 Å². The zero-order valence-corrected chi connectivity index (χ0v) is 18.6. The van der Waals surface area contributed by atoms with Gasteiger partial charge in [0.1, 0.15) is 5.25 Å². The van der Waals surface area contributed by atoms with Crippen molar-refractivity contribution in [2.45, 2.75) is 25.5 Å². The van der Waals surface area contributed by atoms with Gasteiger partial charge in [0.05, 0.1) is 11.4 Å². The summed E-state index contributed by atoms with van der Waals surface area (Å²) in [5, 5.41) is 3.57. The van der Waals surface area contributed by atoms with Gasteiger partial charge in [-0.25, -0.2) is 4.99 Å². The molecule has 1 N–H and O–H groups in total. The molecule has 1 heterocycles. The van der Waals surface area contributed by atoms with E-state index in [1.54, 1.807) is 17.0 Å². The largest absolute Gasteiger partial charge is 0.325 e. The molecular formula is C20H19BrClN3O2S. The maximum absolute atomic E-state index is 12.8. The number of anilines is 1. The van der Waals surface area contributed by atoms with E-state index in [2.05, 4.69) is 26.2 Å². The summed E-state index contributed by atoms with van der Waals surface area (Å²) in [6, 6.07) is 12.9. The second-order valence-corrected chi connectivity index (χ2v) is 8.63. The third-order valence-electron chi connectivity index (χ3n) is 4.31. The number of amidine groups is 1. The van der Waals surface area contributed by atoms with E-state index in [1.165, 1.54) is 11.8 Å². The van der Waals surface area contributed by atoms with Gasteiger partial charge in [-0.05, 0) is 59.6 Å². The first-order chi connectivity index (χ1) is 13.4. The van der Waals surface area contributed by atoms with Crippen LogP contribution in [0, 0.1) is 6.92 Å². The quantitative estimate of drug-likeness (QED) is 0.624. The number of hydrogen-bond acceptors (Lipinski definition) is 4. The summed E-state index contributed by atoms with van der Waals surface area (Å²) < 4.78 is 0.794. The molecule has 0 radical (unpaired) electrons. The second-order valence-electron chi connectivity index (χ2n) is 6.20. The molecule has 5 nitrogen and oxygen atoms in total. The highest BCUT2D eigenvalue weighted by Gasteiger charge is 2.38. The van der Waals surface area contributed by atoms with Crippen molar-refractivity contribution in [3.8, 4) is 0 Å². The van der Waals surface area contributed by atoms with E-state index in [4.69, 9.17) is 11.6 Å². The van der Waals surface area contributed by atoms with Crippen molar-refractivity contribution in [2.75, 3.05) is 11.9 Å². The Morgan fingerprint density at radius 1 is 1.29 bits per heavy atom. The molecule has 3 rings (SSSR count). The molecule has 1 saturated heterocycles. The lowest BCUT2D eigenvalue weighted by Gasteiger charge is -2.14. The monoisotopic (exact) mass is 479 g/mol. The molecule has 1 aliphatic rings. The average molecular weight is 481 g/mol. The molecule has 2 aromatic rings. The van der Waals surface area contributed by atoms with Crippen LogP contribution in [0.2, 0.25) is 5.02 Å². The summed E-state index contributed by atoms with van der Waals surface area (Å²) in [5.41, 5.74) is 2.26. The number of hydrogen-bond donors (Lipinski definition) is 1. The first kappa shape index (κ1) is 20.9. The Kier molecular flexibility index (Phi) is 6.80. The number of benzene rings is 2. The third kappa shape index (κ3) is 4.59. The molecular weight excluding hydrogens is 462 g/mol. The lowest BCUT2D eigenvalue weighted by Crippen LogP contribution is -2.33. The fraction of sp³-hybridized carbons (Fsp3) is 0.250. The maximum Gasteiger partial charge on any atom is 0.242 e. The van der Waals surface area contributed by atoms with E-state index >= 15 is 0 Å². The molecule has 1 unspecified atom stereocenters. The van der Waals surface area contributed by atoms with Gasteiger partial charge in [-0.1, -0.05) is 41.6 Å². The molecule has 0 aliphatic carbocycles. The van der Waals surface area contributed by atoms with Crippen molar-refractivity contribution in [1.82, 2.24) is 4.90 Å². The summed E-state index contributed by atoms with van der Waals surface area (Å²) in [4.78, 5) is 31.5. The zero-order valence-electron chi connectivity index (χ0n) is 15.4. The lowest BCUT2D eigenvalue weighted by molar-refractivity contribution is -0.128. The predicted molar refractivity (Wildman–Crippen MR) is 119 cm³/mol. The first-order valence-electron chi connectivity index (χ1n) is 8.77. The van der Waals surface area contributed by atoms with Crippen LogP contribution in [0.3, 0.4) is 0 Å². The highest BCUT2D eigenvalue weighted by Crippen LogP contribution is 2.34. The van der Waals surface area contributed by atoms with Gasteiger partial charge in [0, 0.05) is 22.5 Å². The fourth-order valence-corrected chi connectivity index (χ4v) is 4.54. The van der Waals surface area contributed by atoms with Crippen LogP contribution in [0.5, 0.6) is 0 Å². The summed E-state index contributed by atoms with van der Waals surface area (Å²) in [6.07, 6.45) is 0.0783. The summed E-state index contributed by atoms with van der Waals surface area (Å²) >= 11 is 10.9. The number of carbonyl (C=O) groups is 2. The number of rotatable bonds is 5. The van der Waals surface area contributed by atoms with E-state index < -0.39 is 5.25 Å². The number of para-hydroxylation sites is 1. The number of nitrogens with zero attached hydrogens (tertiary/aromatic N) is 2. The first-order valence-corrected chi connectivity index (χ1v) is 10.8. The molecule has 0 spiro atoms. The van der Waals surface area contributed by atoms with E-state index in [1.807, 2.05) is 44.2 Å². The van der Waals surface area contributed by atoms with Gasteiger partial charge in [0.25, 0.3) is 0 Å². The Morgan fingerprint density at radius 2 is 2.04 bits per heavy atom. The maximum atomic E-state index is 12.8. The summed E-state index contributed by atoms with van der Waals surface area (Å²) in [5.74, 6) is -0.317. The molecule has 1 atom stereocenters. The van der Waals surface area contributed by atoms with Crippen molar-refractivity contribution in [3.05, 3.63) is 57.5 Å². The SMILES string of the molecule is CCN1C(=O)C(CC(=O)Nc2ccccc2Br)SC1=Nc1cccc(Cl)c1C. The third-order valence-corrected chi connectivity index (χ3v) is 6.59. The van der Waals surface area contributed by atoms with Gasteiger partial charge in [-0.3, -0.25) is 14.5 Å². The van der Waals surface area contributed by atoms with Crippen LogP contribution >= 0.6 is 39.3 Å². The predicted octanol–water partition coefficient (Wildman–Crippen LogP) is 5.39. The Balaban J connectivity index is 1.76. The molecule has 1 aliphatic heterocycles. The number of thioether (sulfide) groups is 1. The van der Waals surface area contributed by atoms with E-state index in [0.29, 0.717) is 22.4 Å². The number of halogens is 2. The lowest BCUT2D eigenvalue weighted by atomic mass is 10.2. The van der Waals surface area contributed by atoms with Gasteiger partial charge in [-0.15, -0.1) is 0 Å². The van der Waals surface area contributed by atoms with Crippen molar-refractivity contribution in [2.24, 2.45) is 4.99 Å². The Morgan fingerprint density at radius 3 is 2.75 bits per heavy atom. The van der Waals surface area contributed by atoms with Crippen molar-refractivity contribution in [3.63, 3.8) is 0 Å². The molecule has 0 saturated carbocycles. The minimum absolute atomic E-state index is 0.0783. The van der Waals surface area contributed by atoms with Gasteiger partial charge in [-0.2, -0.15) is 0 Å². The van der Waals surface area contributed by atoms with Crippen molar-refractivity contribution >= 4 is 67.6 Å². The minimum atomic E-state index is -0.499. The van der Waals surface area contributed by atoms with Crippen LogP contribution in [0.25, 0.3) is 0 Å². The summed E-state index contributed by atoms with van der Waals surface area (Å²) in [6.45, 7) is 4.27. The van der Waals surface area contributed by atoms with Gasteiger partial charge in [0.2, 0.25) is 11.8 Å². The number of nitrogens with one attached hydrogen (secondary N) is 1. The smallest absolute Gasteiger partial charge is 0.242 e.